The Hall–Kier alpha value is -3.71. The number of benzene rings is 2. The molecular weight excluding hydrogens is 426 g/mol. The quantitative estimate of drug-likeness (QED) is 0.485. The lowest BCUT2D eigenvalue weighted by molar-refractivity contribution is 0.187. The Morgan fingerprint density at radius 1 is 1.00 bits per heavy atom. The van der Waals surface area contributed by atoms with E-state index in [-0.39, 0.29) is 24.7 Å². The van der Waals surface area contributed by atoms with Crippen LogP contribution in [0, 0.1) is 0 Å². The Bertz CT molecular complexity index is 1180. The molecule has 1 aliphatic heterocycles. The van der Waals surface area contributed by atoms with Crippen LogP contribution in [0.4, 0.5) is 10.5 Å². The maximum Gasteiger partial charge on any atom is 0.317 e. The van der Waals surface area contributed by atoms with Gasteiger partial charge in [-0.25, -0.2) is 4.79 Å². The summed E-state index contributed by atoms with van der Waals surface area (Å²) in [4.78, 5) is 24.4. The second-order valence-corrected chi connectivity index (χ2v) is 8.58. The highest BCUT2D eigenvalue weighted by Crippen LogP contribution is 2.31. The number of piperidine rings is 1. The fraction of sp³-hybridized carbons (Fsp3) is 0.296. The largest absolute Gasteiger partial charge is 0.394 e. The summed E-state index contributed by atoms with van der Waals surface area (Å²) in [7, 11) is 3.44. The van der Waals surface area contributed by atoms with Crippen molar-refractivity contribution in [2.75, 3.05) is 32.1 Å². The van der Waals surface area contributed by atoms with Crippen LogP contribution in [0.3, 0.4) is 0 Å². The SMILES string of the molecule is CN(C)C(=O)NC1CCCN(c2cccc3ncccc23)C1CO.c1ccc2ncccc2c1. The molecule has 1 aliphatic rings. The van der Waals surface area contributed by atoms with Gasteiger partial charge >= 0.3 is 6.03 Å². The van der Waals surface area contributed by atoms with E-state index < -0.39 is 0 Å². The van der Waals surface area contributed by atoms with Crippen LogP contribution in [0.2, 0.25) is 0 Å². The van der Waals surface area contributed by atoms with E-state index in [1.54, 1.807) is 20.3 Å². The number of carbonyl (C=O) groups excluding carboxylic acids is 1. The lowest BCUT2D eigenvalue weighted by Crippen LogP contribution is -2.58. The highest BCUT2D eigenvalue weighted by Gasteiger charge is 2.33. The van der Waals surface area contributed by atoms with Crippen LogP contribution in [0.5, 0.6) is 0 Å². The molecule has 2 aromatic carbocycles. The molecule has 7 nitrogen and oxygen atoms in total. The van der Waals surface area contributed by atoms with E-state index in [0.717, 1.165) is 41.5 Å². The van der Waals surface area contributed by atoms with E-state index in [1.165, 1.54) is 10.3 Å². The molecule has 0 saturated carbocycles. The van der Waals surface area contributed by atoms with Gasteiger partial charge in [0, 0.05) is 49.5 Å². The fourth-order valence-corrected chi connectivity index (χ4v) is 4.39. The lowest BCUT2D eigenvalue weighted by Gasteiger charge is -2.42. The molecule has 7 heteroatoms. The summed E-state index contributed by atoms with van der Waals surface area (Å²) in [5.41, 5.74) is 3.06. The van der Waals surface area contributed by atoms with Crippen LogP contribution < -0.4 is 10.2 Å². The zero-order valence-corrected chi connectivity index (χ0v) is 19.6. The van der Waals surface area contributed by atoms with Gasteiger partial charge in [0.15, 0.2) is 0 Å². The van der Waals surface area contributed by atoms with Crippen molar-refractivity contribution in [3.8, 4) is 0 Å². The Kier molecular flexibility index (Phi) is 7.54. The highest BCUT2D eigenvalue weighted by molar-refractivity contribution is 5.92. The number of aliphatic hydroxyl groups is 1. The van der Waals surface area contributed by atoms with E-state index in [0.29, 0.717) is 0 Å². The number of hydrogen-bond donors (Lipinski definition) is 2. The van der Waals surface area contributed by atoms with E-state index in [2.05, 4.69) is 38.4 Å². The molecule has 2 aromatic heterocycles. The fourth-order valence-electron chi connectivity index (χ4n) is 4.39. The zero-order chi connectivity index (χ0) is 23.9. The number of para-hydroxylation sites is 1. The van der Waals surface area contributed by atoms with Crippen molar-refractivity contribution < 1.29 is 9.90 Å². The smallest absolute Gasteiger partial charge is 0.317 e. The molecule has 5 rings (SSSR count). The first kappa shape index (κ1) is 23.4. The number of urea groups is 1. The number of carbonyl (C=O) groups is 1. The average Bonchev–Trinajstić information content (AvgIpc) is 2.88. The van der Waals surface area contributed by atoms with E-state index in [9.17, 15) is 9.90 Å². The second kappa shape index (κ2) is 10.9. The summed E-state index contributed by atoms with van der Waals surface area (Å²) in [6, 6.07) is 21.7. The van der Waals surface area contributed by atoms with Gasteiger partial charge < -0.3 is 20.2 Å². The van der Waals surface area contributed by atoms with E-state index in [4.69, 9.17) is 0 Å². The number of pyridine rings is 2. The number of fused-ring (bicyclic) bond motifs is 2. The van der Waals surface area contributed by atoms with Crippen LogP contribution in [-0.4, -0.2) is 65.3 Å². The zero-order valence-electron chi connectivity index (χ0n) is 19.6. The van der Waals surface area contributed by atoms with Crippen molar-refractivity contribution in [3.05, 3.63) is 79.1 Å². The maximum absolute atomic E-state index is 12.0. The van der Waals surface area contributed by atoms with E-state index in [1.807, 2.05) is 54.7 Å². The van der Waals surface area contributed by atoms with Gasteiger partial charge in [-0.15, -0.1) is 0 Å². The van der Waals surface area contributed by atoms with Crippen molar-refractivity contribution in [1.82, 2.24) is 20.2 Å². The monoisotopic (exact) mass is 457 g/mol. The highest BCUT2D eigenvalue weighted by atomic mass is 16.3. The molecular formula is C27H31N5O2. The molecule has 0 radical (unpaired) electrons. The Labute approximate surface area is 200 Å². The number of hydrogen-bond acceptors (Lipinski definition) is 5. The van der Waals surface area contributed by atoms with E-state index >= 15 is 0 Å². The molecule has 0 spiro atoms. The number of anilines is 1. The van der Waals surface area contributed by atoms with Gasteiger partial charge in [0.1, 0.15) is 0 Å². The normalized spacial score (nSPS) is 17.7. The summed E-state index contributed by atoms with van der Waals surface area (Å²) in [5, 5.41) is 15.3. The average molecular weight is 458 g/mol. The molecule has 2 amide bonds. The molecule has 0 aliphatic carbocycles. The first-order valence-electron chi connectivity index (χ1n) is 11.6. The Balaban J connectivity index is 0.000000226. The van der Waals surface area contributed by atoms with Crippen LogP contribution >= 0.6 is 0 Å². The van der Waals surface area contributed by atoms with Gasteiger partial charge in [-0.1, -0.05) is 30.3 Å². The van der Waals surface area contributed by atoms with Gasteiger partial charge in [0.25, 0.3) is 0 Å². The van der Waals surface area contributed by atoms with Gasteiger partial charge in [-0.3, -0.25) is 9.97 Å². The molecule has 1 fully saturated rings. The molecule has 1 saturated heterocycles. The van der Waals surface area contributed by atoms with Crippen LogP contribution in [0.25, 0.3) is 21.8 Å². The Morgan fingerprint density at radius 3 is 2.47 bits per heavy atom. The van der Waals surface area contributed by atoms with Crippen LogP contribution in [0.1, 0.15) is 12.8 Å². The number of aromatic nitrogens is 2. The number of nitrogens with one attached hydrogen (secondary N) is 1. The minimum Gasteiger partial charge on any atom is -0.394 e. The first-order valence-corrected chi connectivity index (χ1v) is 11.6. The summed E-state index contributed by atoms with van der Waals surface area (Å²) in [6.07, 6.45) is 5.42. The van der Waals surface area contributed by atoms with Crippen molar-refractivity contribution in [1.29, 1.82) is 0 Å². The predicted octanol–water partition coefficient (Wildman–Crippen LogP) is 4.07. The molecule has 176 valence electrons. The summed E-state index contributed by atoms with van der Waals surface area (Å²) >= 11 is 0. The molecule has 4 aromatic rings. The first-order chi connectivity index (χ1) is 16.6. The van der Waals surface area contributed by atoms with Gasteiger partial charge in [-0.2, -0.15) is 0 Å². The molecule has 34 heavy (non-hydrogen) atoms. The van der Waals surface area contributed by atoms with Gasteiger partial charge in [-0.05, 0) is 49.2 Å². The third-order valence-corrected chi connectivity index (χ3v) is 6.13. The summed E-state index contributed by atoms with van der Waals surface area (Å²) < 4.78 is 0. The van der Waals surface area contributed by atoms with Crippen molar-refractivity contribution in [3.63, 3.8) is 0 Å². The third kappa shape index (κ3) is 5.26. The molecule has 2 N–H and O–H groups in total. The second-order valence-electron chi connectivity index (χ2n) is 8.58. The Morgan fingerprint density at radius 2 is 1.71 bits per heavy atom. The number of rotatable bonds is 3. The predicted molar refractivity (Wildman–Crippen MR) is 137 cm³/mol. The van der Waals surface area contributed by atoms with Crippen molar-refractivity contribution in [2.24, 2.45) is 0 Å². The third-order valence-electron chi connectivity index (χ3n) is 6.13. The van der Waals surface area contributed by atoms with Crippen molar-refractivity contribution >= 4 is 33.5 Å². The minimum absolute atomic E-state index is 0.00494. The summed E-state index contributed by atoms with van der Waals surface area (Å²) in [5.74, 6) is 0. The van der Waals surface area contributed by atoms with Crippen LogP contribution in [-0.2, 0) is 0 Å². The van der Waals surface area contributed by atoms with Crippen LogP contribution in [0.15, 0.2) is 79.1 Å². The molecule has 0 bridgehead atoms. The molecule has 2 atom stereocenters. The minimum atomic E-state index is -0.145. The van der Waals surface area contributed by atoms with Crippen molar-refractivity contribution in [2.45, 2.75) is 24.9 Å². The number of amides is 2. The topological polar surface area (TPSA) is 81.6 Å². The van der Waals surface area contributed by atoms with Gasteiger partial charge in [0.2, 0.25) is 0 Å². The summed E-state index contributed by atoms with van der Waals surface area (Å²) in [6.45, 7) is 0.850. The van der Waals surface area contributed by atoms with Gasteiger partial charge in [0.05, 0.1) is 29.7 Å². The number of nitrogens with zero attached hydrogens (tertiary/aromatic N) is 4. The number of aliphatic hydroxyl groups excluding tert-OH is 1. The maximum atomic E-state index is 12.0. The molecule has 2 unspecified atom stereocenters. The lowest BCUT2D eigenvalue weighted by atomic mass is 9.95. The standard InChI is InChI=1S/C18H24N4O2.C9H7N/c1-21(2)18(24)20-15-8-5-11-22(17(15)12-23)16-9-3-7-14-13(16)6-4-10-19-14;1-2-6-9-8(4-1)5-3-7-10-9/h3-4,6-7,9-10,15,17,23H,5,8,11-12H2,1-2H3,(H,20,24);1-7H. The molecule has 3 heterocycles.